The first-order valence-electron chi connectivity index (χ1n) is 3.89. The molecule has 2 rings (SSSR count). The molecule has 2 aromatic heterocycles. The van der Waals surface area contributed by atoms with E-state index in [0.29, 0.717) is 0 Å². The fraction of sp³-hybridized carbons (Fsp3) is 0.111. The van der Waals surface area contributed by atoms with Crippen LogP contribution in [0.3, 0.4) is 0 Å². The molecule has 2 aromatic rings. The molecule has 0 fully saturated rings. The van der Waals surface area contributed by atoms with Gasteiger partial charge >= 0.3 is 0 Å². The summed E-state index contributed by atoms with van der Waals surface area (Å²) in [6.07, 6.45) is 3.58. The van der Waals surface area contributed by atoms with Gasteiger partial charge in [0.05, 0.1) is 11.9 Å². The number of pyridine rings is 1. The van der Waals surface area contributed by atoms with Crippen molar-refractivity contribution in [3.8, 4) is 11.3 Å². The van der Waals surface area contributed by atoms with Gasteiger partial charge in [0.1, 0.15) is 4.60 Å². The lowest BCUT2D eigenvalue weighted by Crippen LogP contribution is -1.85. The van der Waals surface area contributed by atoms with Crippen molar-refractivity contribution in [2.45, 2.75) is 6.92 Å². The Balaban J connectivity index is 2.49. The Morgan fingerprint density at radius 1 is 1.38 bits per heavy atom. The number of nitrogens with zero attached hydrogens (tertiary/aromatic N) is 2. The number of aryl methyl sites for hydroxylation is 1. The number of aromatic amines is 1. The molecule has 0 aliphatic rings. The maximum atomic E-state index is 4.37. The van der Waals surface area contributed by atoms with Crippen LogP contribution in [-0.4, -0.2) is 15.2 Å². The summed E-state index contributed by atoms with van der Waals surface area (Å²) >= 11 is 3.39. The Labute approximate surface area is 84.3 Å². The van der Waals surface area contributed by atoms with Gasteiger partial charge in [-0.25, -0.2) is 4.98 Å². The zero-order chi connectivity index (χ0) is 9.26. The highest BCUT2D eigenvalue weighted by Gasteiger charge is 2.02. The van der Waals surface area contributed by atoms with E-state index < -0.39 is 0 Å². The van der Waals surface area contributed by atoms with Gasteiger partial charge in [-0.15, -0.1) is 0 Å². The second-order valence-corrected chi connectivity index (χ2v) is 3.54. The molecule has 0 saturated carbocycles. The number of nitrogens with one attached hydrogen (secondary N) is 1. The molecule has 1 N–H and O–H groups in total. The van der Waals surface area contributed by atoms with Crippen LogP contribution in [0.15, 0.2) is 29.1 Å². The molecule has 0 aliphatic carbocycles. The Hall–Kier alpha value is -1.16. The van der Waals surface area contributed by atoms with Crippen LogP contribution in [0.5, 0.6) is 0 Å². The van der Waals surface area contributed by atoms with Crippen LogP contribution < -0.4 is 0 Å². The topological polar surface area (TPSA) is 41.6 Å². The molecular formula is C9H8BrN3. The highest BCUT2D eigenvalue weighted by molar-refractivity contribution is 9.10. The van der Waals surface area contributed by atoms with Gasteiger partial charge in [-0.2, -0.15) is 5.10 Å². The number of rotatable bonds is 1. The first-order valence-corrected chi connectivity index (χ1v) is 4.69. The van der Waals surface area contributed by atoms with Crippen LogP contribution >= 0.6 is 15.9 Å². The van der Waals surface area contributed by atoms with E-state index in [1.54, 1.807) is 6.20 Å². The molecule has 0 radical (unpaired) electrons. The molecule has 2 heterocycles. The van der Waals surface area contributed by atoms with Crippen molar-refractivity contribution >= 4 is 15.9 Å². The largest absolute Gasteiger partial charge is 0.285 e. The van der Waals surface area contributed by atoms with E-state index in [-0.39, 0.29) is 0 Å². The van der Waals surface area contributed by atoms with E-state index in [1.165, 1.54) is 0 Å². The maximum Gasteiger partial charge on any atom is 0.109 e. The third kappa shape index (κ3) is 1.62. The van der Waals surface area contributed by atoms with Gasteiger partial charge in [0.2, 0.25) is 0 Å². The second-order valence-electron chi connectivity index (χ2n) is 2.79. The van der Waals surface area contributed by atoms with Crippen LogP contribution in [0.1, 0.15) is 5.56 Å². The van der Waals surface area contributed by atoms with Crippen molar-refractivity contribution in [2.75, 3.05) is 0 Å². The zero-order valence-electron chi connectivity index (χ0n) is 7.08. The van der Waals surface area contributed by atoms with Crippen molar-refractivity contribution < 1.29 is 0 Å². The second kappa shape index (κ2) is 3.30. The Morgan fingerprint density at radius 2 is 2.23 bits per heavy atom. The molecule has 13 heavy (non-hydrogen) atoms. The Morgan fingerprint density at radius 3 is 2.85 bits per heavy atom. The van der Waals surface area contributed by atoms with Gasteiger partial charge in [0, 0.05) is 11.8 Å². The molecule has 3 nitrogen and oxygen atoms in total. The van der Waals surface area contributed by atoms with E-state index in [4.69, 9.17) is 0 Å². The number of aromatic nitrogens is 3. The van der Waals surface area contributed by atoms with Crippen LogP contribution in [0.4, 0.5) is 0 Å². The normalized spacial score (nSPS) is 10.3. The highest BCUT2D eigenvalue weighted by atomic mass is 79.9. The Bertz CT molecular complexity index is 409. The molecule has 4 heteroatoms. The number of hydrogen-bond acceptors (Lipinski definition) is 2. The quantitative estimate of drug-likeness (QED) is 0.775. The van der Waals surface area contributed by atoms with Crippen molar-refractivity contribution in [1.82, 2.24) is 15.2 Å². The summed E-state index contributed by atoms with van der Waals surface area (Å²) in [5.74, 6) is 0. The van der Waals surface area contributed by atoms with Crippen LogP contribution in [-0.2, 0) is 0 Å². The molecule has 0 spiro atoms. The lowest BCUT2D eigenvalue weighted by atomic mass is 10.2. The smallest absolute Gasteiger partial charge is 0.109 e. The molecule has 0 aromatic carbocycles. The predicted octanol–water partition coefficient (Wildman–Crippen LogP) is 2.54. The Kier molecular flexibility index (Phi) is 2.14. The van der Waals surface area contributed by atoms with Crippen molar-refractivity contribution in [3.63, 3.8) is 0 Å². The van der Waals surface area contributed by atoms with E-state index in [1.807, 2.05) is 25.3 Å². The number of H-pyrrole nitrogens is 1. The zero-order valence-corrected chi connectivity index (χ0v) is 8.67. The number of halogens is 1. The minimum absolute atomic E-state index is 0.881. The summed E-state index contributed by atoms with van der Waals surface area (Å²) in [5, 5.41) is 6.63. The van der Waals surface area contributed by atoms with Crippen LogP contribution in [0.2, 0.25) is 0 Å². The van der Waals surface area contributed by atoms with E-state index in [2.05, 4.69) is 31.1 Å². The third-order valence-corrected chi connectivity index (χ3v) is 2.63. The predicted molar refractivity (Wildman–Crippen MR) is 54.3 cm³/mol. The summed E-state index contributed by atoms with van der Waals surface area (Å²) in [6.45, 7) is 2.01. The molecule has 0 aliphatic heterocycles. The van der Waals surface area contributed by atoms with Crippen molar-refractivity contribution in [2.24, 2.45) is 0 Å². The van der Waals surface area contributed by atoms with E-state index in [9.17, 15) is 0 Å². The first-order chi connectivity index (χ1) is 6.27. The van der Waals surface area contributed by atoms with Gasteiger partial charge in [-0.1, -0.05) is 6.07 Å². The summed E-state index contributed by atoms with van der Waals surface area (Å²) in [4.78, 5) is 4.37. The molecule has 0 atom stereocenters. The SMILES string of the molecule is Cc1ccc(-c2cn[nH]c2)nc1Br. The average molecular weight is 238 g/mol. The van der Waals surface area contributed by atoms with Gasteiger partial charge in [0.15, 0.2) is 0 Å². The van der Waals surface area contributed by atoms with E-state index in [0.717, 1.165) is 21.4 Å². The molecule has 0 unspecified atom stereocenters. The molecule has 0 saturated heterocycles. The van der Waals surface area contributed by atoms with E-state index >= 15 is 0 Å². The average Bonchev–Trinajstić information content (AvgIpc) is 2.62. The summed E-state index contributed by atoms with van der Waals surface area (Å²) in [5.41, 5.74) is 3.05. The van der Waals surface area contributed by atoms with Gasteiger partial charge < -0.3 is 0 Å². The molecular weight excluding hydrogens is 230 g/mol. The summed E-state index contributed by atoms with van der Waals surface area (Å²) < 4.78 is 0.881. The van der Waals surface area contributed by atoms with Crippen molar-refractivity contribution in [3.05, 3.63) is 34.7 Å². The van der Waals surface area contributed by atoms with Gasteiger partial charge in [-0.05, 0) is 34.5 Å². The molecule has 0 amide bonds. The molecule has 0 bridgehead atoms. The lowest BCUT2D eigenvalue weighted by molar-refractivity contribution is 1.09. The highest BCUT2D eigenvalue weighted by Crippen LogP contribution is 2.20. The minimum atomic E-state index is 0.881. The standard InChI is InChI=1S/C9H8BrN3/c1-6-2-3-8(13-9(6)10)7-4-11-12-5-7/h2-5H,1H3,(H,11,12). The maximum absolute atomic E-state index is 4.37. The fourth-order valence-electron chi connectivity index (χ4n) is 1.06. The third-order valence-electron chi connectivity index (χ3n) is 1.83. The lowest BCUT2D eigenvalue weighted by Gasteiger charge is -1.99. The summed E-state index contributed by atoms with van der Waals surface area (Å²) in [7, 11) is 0. The van der Waals surface area contributed by atoms with Gasteiger partial charge in [-0.3, -0.25) is 5.10 Å². The fourth-order valence-corrected chi connectivity index (χ4v) is 1.38. The monoisotopic (exact) mass is 237 g/mol. The van der Waals surface area contributed by atoms with Crippen LogP contribution in [0.25, 0.3) is 11.3 Å². The minimum Gasteiger partial charge on any atom is -0.285 e. The summed E-state index contributed by atoms with van der Waals surface area (Å²) in [6, 6.07) is 4.00. The van der Waals surface area contributed by atoms with Crippen molar-refractivity contribution in [1.29, 1.82) is 0 Å². The first kappa shape index (κ1) is 8.44. The van der Waals surface area contributed by atoms with Crippen LogP contribution in [0, 0.1) is 6.92 Å². The number of hydrogen-bond donors (Lipinski definition) is 1. The molecule has 66 valence electrons. The van der Waals surface area contributed by atoms with Gasteiger partial charge in [0.25, 0.3) is 0 Å².